The number of hydrogen-bond donors (Lipinski definition) is 2. The Hall–Kier alpha value is -1.71. The van der Waals surface area contributed by atoms with Crippen LogP contribution < -0.4 is 15.8 Å². The highest BCUT2D eigenvalue weighted by Gasteiger charge is 2.26. The van der Waals surface area contributed by atoms with Gasteiger partial charge in [-0.15, -0.1) is 0 Å². The van der Waals surface area contributed by atoms with Crippen LogP contribution in [0.1, 0.15) is 19.8 Å². The lowest BCUT2D eigenvalue weighted by atomic mass is 10.3. The molecule has 3 N–H and O–H groups in total. The zero-order chi connectivity index (χ0) is 11.5. The van der Waals surface area contributed by atoms with E-state index in [1.165, 1.54) is 0 Å². The highest BCUT2D eigenvalue weighted by Crippen LogP contribution is 2.20. The topological polar surface area (TPSA) is 64.3 Å². The molecule has 1 aliphatic carbocycles. The van der Waals surface area contributed by atoms with Gasteiger partial charge in [0, 0.05) is 17.8 Å². The molecule has 0 radical (unpaired) electrons. The Kier molecular flexibility index (Phi) is 2.99. The van der Waals surface area contributed by atoms with Gasteiger partial charge in [0.15, 0.2) is 6.10 Å². The Morgan fingerprint density at radius 1 is 1.56 bits per heavy atom. The molecule has 1 aromatic carbocycles. The van der Waals surface area contributed by atoms with Gasteiger partial charge in [0.1, 0.15) is 5.75 Å². The van der Waals surface area contributed by atoms with Crippen molar-refractivity contribution in [3.63, 3.8) is 0 Å². The van der Waals surface area contributed by atoms with Crippen LogP contribution in [0.2, 0.25) is 0 Å². The lowest BCUT2D eigenvalue weighted by Gasteiger charge is -2.14. The van der Waals surface area contributed by atoms with E-state index in [1.54, 1.807) is 31.2 Å². The van der Waals surface area contributed by atoms with Crippen LogP contribution in [-0.4, -0.2) is 18.1 Å². The van der Waals surface area contributed by atoms with Gasteiger partial charge >= 0.3 is 0 Å². The second kappa shape index (κ2) is 4.43. The molecule has 86 valence electrons. The van der Waals surface area contributed by atoms with Crippen LogP contribution in [0.3, 0.4) is 0 Å². The summed E-state index contributed by atoms with van der Waals surface area (Å²) in [5.74, 6) is 0.559. The van der Waals surface area contributed by atoms with Crippen LogP contribution in [0.25, 0.3) is 0 Å². The first kappa shape index (κ1) is 10.8. The van der Waals surface area contributed by atoms with Crippen molar-refractivity contribution >= 4 is 11.6 Å². The van der Waals surface area contributed by atoms with E-state index in [0.29, 0.717) is 17.5 Å². The average molecular weight is 220 g/mol. The van der Waals surface area contributed by atoms with E-state index in [2.05, 4.69) is 5.32 Å². The Morgan fingerprint density at radius 3 is 2.94 bits per heavy atom. The summed E-state index contributed by atoms with van der Waals surface area (Å²) in [6.45, 7) is 1.74. The molecule has 1 saturated carbocycles. The van der Waals surface area contributed by atoms with Gasteiger partial charge in [0.25, 0.3) is 5.91 Å². The van der Waals surface area contributed by atoms with Gasteiger partial charge in [-0.25, -0.2) is 0 Å². The molecule has 1 aromatic rings. The molecule has 4 nitrogen and oxygen atoms in total. The van der Waals surface area contributed by atoms with Gasteiger partial charge in [-0.2, -0.15) is 0 Å². The van der Waals surface area contributed by atoms with E-state index in [4.69, 9.17) is 10.5 Å². The zero-order valence-corrected chi connectivity index (χ0v) is 9.27. The predicted molar refractivity (Wildman–Crippen MR) is 62.1 cm³/mol. The number of anilines is 1. The average Bonchev–Trinajstić information content (AvgIpc) is 3.01. The SMILES string of the molecule is CC(Oc1cccc(N)c1)C(=O)NC1CC1. The third-order valence-electron chi connectivity index (χ3n) is 2.46. The van der Waals surface area contributed by atoms with Crippen molar-refractivity contribution in [3.05, 3.63) is 24.3 Å². The molecule has 0 aromatic heterocycles. The molecule has 16 heavy (non-hydrogen) atoms. The number of nitrogens with one attached hydrogen (secondary N) is 1. The van der Waals surface area contributed by atoms with Crippen molar-refractivity contribution in [2.24, 2.45) is 0 Å². The van der Waals surface area contributed by atoms with Crippen LogP contribution in [0, 0.1) is 0 Å². The Morgan fingerprint density at radius 2 is 2.31 bits per heavy atom. The summed E-state index contributed by atoms with van der Waals surface area (Å²) >= 11 is 0. The van der Waals surface area contributed by atoms with Crippen molar-refractivity contribution in [2.75, 3.05) is 5.73 Å². The molecule has 1 aliphatic rings. The molecular weight excluding hydrogens is 204 g/mol. The molecule has 0 aliphatic heterocycles. The second-order valence-corrected chi connectivity index (χ2v) is 4.12. The fourth-order valence-electron chi connectivity index (χ4n) is 1.39. The minimum absolute atomic E-state index is 0.0649. The summed E-state index contributed by atoms with van der Waals surface area (Å²) in [5.41, 5.74) is 6.25. The van der Waals surface area contributed by atoms with Crippen molar-refractivity contribution in [2.45, 2.75) is 31.9 Å². The lowest BCUT2D eigenvalue weighted by molar-refractivity contribution is -0.127. The zero-order valence-electron chi connectivity index (χ0n) is 9.27. The third-order valence-corrected chi connectivity index (χ3v) is 2.46. The number of amides is 1. The van der Waals surface area contributed by atoms with Crippen molar-refractivity contribution in [1.29, 1.82) is 0 Å². The molecule has 0 bridgehead atoms. The van der Waals surface area contributed by atoms with E-state index in [-0.39, 0.29) is 5.91 Å². The molecule has 4 heteroatoms. The molecule has 1 atom stereocenters. The number of nitrogens with two attached hydrogens (primary N) is 1. The molecule has 0 saturated heterocycles. The Balaban J connectivity index is 1.90. The number of benzene rings is 1. The third kappa shape index (κ3) is 2.89. The van der Waals surface area contributed by atoms with Crippen LogP contribution in [0.15, 0.2) is 24.3 Å². The normalized spacial score (nSPS) is 16.6. The van der Waals surface area contributed by atoms with Crippen LogP contribution >= 0.6 is 0 Å². The van der Waals surface area contributed by atoms with Gasteiger partial charge in [-0.05, 0) is 31.9 Å². The number of carbonyl (C=O) groups is 1. The van der Waals surface area contributed by atoms with Gasteiger partial charge in [-0.1, -0.05) is 6.07 Å². The van der Waals surface area contributed by atoms with Crippen molar-refractivity contribution in [1.82, 2.24) is 5.32 Å². The highest BCUT2D eigenvalue weighted by atomic mass is 16.5. The highest BCUT2D eigenvalue weighted by molar-refractivity contribution is 5.81. The summed E-state index contributed by atoms with van der Waals surface area (Å²) in [7, 11) is 0. The number of carbonyl (C=O) groups excluding carboxylic acids is 1. The first-order chi connectivity index (χ1) is 7.65. The Labute approximate surface area is 94.8 Å². The molecular formula is C12H16N2O2. The maximum Gasteiger partial charge on any atom is 0.260 e. The van der Waals surface area contributed by atoms with Gasteiger partial charge in [0.2, 0.25) is 0 Å². The summed E-state index contributed by atoms with van der Waals surface area (Å²) in [4.78, 5) is 11.6. The van der Waals surface area contributed by atoms with Crippen LogP contribution in [0.5, 0.6) is 5.75 Å². The molecule has 2 rings (SSSR count). The summed E-state index contributed by atoms with van der Waals surface area (Å²) in [6, 6.07) is 7.44. The minimum Gasteiger partial charge on any atom is -0.481 e. The minimum atomic E-state index is -0.484. The maximum absolute atomic E-state index is 11.6. The van der Waals surface area contributed by atoms with E-state index < -0.39 is 6.10 Å². The summed E-state index contributed by atoms with van der Waals surface area (Å²) in [6.07, 6.45) is 1.68. The van der Waals surface area contributed by atoms with Gasteiger partial charge in [-0.3, -0.25) is 4.79 Å². The number of hydrogen-bond acceptors (Lipinski definition) is 3. The first-order valence-electron chi connectivity index (χ1n) is 5.48. The van der Waals surface area contributed by atoms with E-state index in [9.17, 15) is 4.79 Å². The number of nitrogen functional groups attached to an aromatic ring is 1. The molecule has 0 spiro atoms. The van der Waals surface area contributed by atoms with E-state index >= 15 is 0 Å². The quantitative estimate of drug-likeness (QED) is 0.752. The Bertz CT molecular complexity index is 388. The molecule has 1 fully saturated rings. The smallest absolute Gasteiger partial charge is 0.260 e. The standard InChI is InChI=1S/C12H16N2O2/c1-8(12(15)14-10-5-6-10)16-11-4-2-3-9(13)7-11/h2-4,7-8,10H,5-6,13H2,1H3,(H,14,15). The monoisotopic (exact) mass is 220 g/mol. The molecule has 1 unspecified atom stereocenters. The fourth-order valence-corrected chi connectivity index (χ4v) is 1.39. The largest absolute Gasteiger partial charge is 0.481 e. The first-order valence-corrected chi connectivity index (χ1v) is 5.48. The van der Waals surface area contributed by atoms with Crippen molar-refractivity contribution in [3.8, 4) is 5.75 Å². The van der Waals surface area contributed by atoms with Crippen LogP contribution in [-0.2, 0) is 4.79 Å². The summed E-state index contributed by atoms with van der Waals surface area (Å²) in [5, 5.41) is 2.89. The lowest BCUT2D eigenvalue weighted by Crippen LogP contribution is -2.37. The van der Waals surface area contributed by atoms with E-state index in [0.717, 1.165) is 12.8 Å². The summed E-state index contributed by atoms with van der Waals surface area (Å²) < 4.78 is 5.49. The van der Waals surface area contributed by atoms with Crippen LogP contribution in [0.4, 0.5) is 5.69 Å². The number of ether oxygens (including phenoxy) is 1. The second-order valence-electron chi connectivity index (χ2n) is 4.12. The maximum atomic E-state index is 11.6. The van der Waals surface area contributed by atoms with Gasteiger partial charge in [0.05, 0.1) is 0 Å². The van der Waals surface area contributed by atoms with Crippen molar-refractivity contribution < 1.29 is 9.53 Å². The van der Waals surface area contributed by atoms with Gasteiger partial charge < -0.3 is 15.8 Å². The molecule has 1 amide bonds. The fraction of sp³-hybridized carbons (Fsp3) is 0.417. The van der Waals surface area contributed by atoms with E-state index in [1.807, 2.05) is 0 Å². The number of rotatable bonds is 4. The molecule has 0 heterocycles. The predicted octanol–water partition coefficient (Wildman–Crippen LogP) is 1.31.